The van der Waals surface area contributed by atoms with Crippen LogP contribution in [0.2, 0.25) is 5.02 Å². The van der Waals surface area contributed by atoms with E-state index in [4.69, 9.17) is 16.7 Å². The lowest BCUT2D eigenvalue weighted by molar-refractivity contribution is -0.142. The highest BCUT2D eigenvalue weighted by molar-refractivity contribution is 6.30. The highest BCUT2D eigenvalue weighted by atomic mass is 35.5. The molecule has 1 aromatic rings. The van der Waals surface area contributed by atoms with Gasteiger partial charge in [-0.15, -0.1) is 0 Å². The third-order valence-corrected chi connectivity index (χ3v) is 3.80. The standard InChI is InChI=1S/C13H14ClFO2/c14-11-6-5-10(7-12(11)15)8-1-3-9(4-2-8)13(16)17/h5-9H,1-4H2,(H,16,17). The first-order valence-corrected chi connectivity index (χ1v) is 6.13. The summed E-state index contributed by atoms with van der Waals surface area (Å²) in [7, 11) is 0. The molecule has 1 aliphatic rings. The maximum atomic E-state index is 13.3. The molecule has 0 heterocycles. The van der Waals surface area contributed by atoms with Gasteiger partial charge in [0.1, 0.15) is 5.82 Å². The van der Waals surface area contributed by atoms with Crippen LogP contribution in [0, 0.1) is 11.7 Å². The maximum absolute atomic E-state index is 13.3. The van der Waals surface area contributed by atoms with Crippen LogP contribution < -0.4 is 0 Å². The van der Waals surface area contributed by atoms with Gasteiger partial charge in [-0.25, -0.2) is 4.39 Å². The van der Waals surface area contributed by atoms with Gasteiger partial charge in [-0.05, 0) is 49.3 Å². The van der Waals surface area contributed by atoms with E-state index in [1.54, 1.807) is 6.07 Å². The molecule has 0 unspecified atom stereocenters. The number of halogens is 2. The lowest BCUT2D eigenvalue weighted by Gasteiger charge is -2.26. The van der Waals surface area contributed by atoms with Crippen LogP contribution in [0.3, 0.4) is 0 Å². The van der Waals surface area contributed by atoms with Gasteiger partial charge >= 0.3 is 5.97 Å². The Morgan fingerprint density at radius 3 is 2.47 bits per heavy atom. The van der Waals surface area contributed by atoms with Crippen LogP contribution in [0.25, 0.3) is 0 Å². The number of carboxylic acid groups (broad SMARTS) is 1. The number of carboxylic acids is 1. The summed E-state index contributed by atoms with van der Waals surface area (Å²) in [6.45, 7) is 0. The monoisotopic (exact) mass is 256 g/mol. The Balaban J connectivity index is 2.05. The molecule has 1 aliphatic carbocycles. The van der Waals surface area contributed by atoms with E-state index in [0.717, 1.165) is 18.4 Å². The van der Waals surface area contributed by atoms with Crippen LogP contribution in [0.1, 0.15) is 37.2 Å². The van der Waals surface area contributed by atoms with Crippen LogP contribution in [-0.4, -0.2) is 11.1 Å². The van der Waals surface area contributed by atoms with Gasteiger partial charge in [0.2, 0.25) is 0 Å². The first-order valence-electron chi connectivity index (χ1n) is 5.75. The van der Waals surface area contributed by atoms with Gasteiger partial charge in [-0.1, -0.05) is 17.7 Å². The Kier molecular flexibility index (Phi) is 3.67. The topological polar surface area (TPSA) is 37.3 Å². The largest absolute Gasteiger partial charge is 0.481 e. The zero-order chi connectivity index (χ0) is 12.4. The summed E-state index contributed by atoms with van der Waals surface area (Å²) in [5.41, 5.74) is 0.927. The minimum absolute atomic E-state index is 0.132. The maximum Gasteiger partial charge on any atom is 0.306 e. The fraction of sp³-hybridized carbons (Fsp3) is 0.462. The average Bonchev–Trinajstić information content (AvgIpc) is 2.33. The molecule has 1 fully saturated rings. The Hall–Kier alpha value is -1.09. The normalized spacial score (nSPS) is 24.6. The molecule has 1 saturated carbocycles. The Labute approximate surface area is 104 Å². The van der Waals surface area contributed by atoms with E-state index in [1.807, 2.05) is 6.07 Å². The van der Waals surface area contributed by atoms with Crippen molar-refractivity contribution in [1.29, 1.82) is 0 Å². The molecule has 4 heteroatoms. The van der Waals surface area contributed by atoms with Crippen molar-refractivity contribution in [2.75, 3.05) is 0 Å². The molecule has 0 bridgehead atoms. The second-order valence-corrected chi connectivity index (χ2v) is 4.97. The molecule has 2 nitrogen and oxygen atoms in total. The number of aliphatic carboxylic acids is 1. The Bertz CT molecular complexity index is 425. The lowest BCUT2D eigenvalue weighted by Crippen LogP contribution is -2.20. The van der Waals surface area contributed by atoms with E-state index in [9.17, 15) is 9.18 Å². The van der Waals surface area contributed by atoms with Crippen LogP contribution in [-0.2, 0) is 4.79 Å². The first kappa shape index (κ1) is 12.4. The summed E-state index contributed by atoms with van der Waals surface area (Å²) in [5.74, 6) is -1.09. The quantitative estimate of drug-likeness (QED) is 0.873. The average molecular weight is 257 g/mol. The fourth-order valence-electron chi connectivity index (χ4n) is 2.44. The minimum atomic E-state index is -0.717. The number of carbonyl (C=O) groups is 1. The second-order valence-electron chi connectivity index (χ2n) is 4.56. The zero-order valence-electron chi connectivity index (χ0n) is 9.33. The van der Waals surface area contributed by atoms with E-state index >= 15 is 0 Å². The van der Waals surface area contributed by atoms with Crippen molar-refractivity contribution in [2.24, 2.45) is 5.92 Å². The van der Waals surface area contributed by atoms with Crippen molar-refractivity contribution in [3.8, 4) is 0 Å². The summed E-state index contributed by atoms with van der Waals surface area (Å²) in [6.07, 6.45) is 2.95. The summed E-state index contributed by atoms with van der Waals surface area (Å²) in [6, 6.07) is 4.86. The predicted molar refractivity (Wildman–Crippen MR) is 63.7 cm³/mol. The zero-order valence-corrected chi connectivity index (χ0v) is 10.1. The van der Waals surface area contributed by atoms with E-state index in [2.05, 4.69) is 0 Å². The number of rotatable bonds is 2. The molecular formula is C13H14ClFO2. The fourth-order valence-corrected chi connectivity index (χ4v) is 2.56. The smallest absolute Gasteiger partial charge is 0.306 e. The van der Waals surface area contributed by atoms with Gasteiger partial charge in [0.15, 0.2) is 0 Å². The molecule has 0 amide bonds. The molecule has 0 saturated heterocycles. The highest BCUT2D eigenvalue weighted by Gasteiger charge is 2.26. The molecule has 0 aliphatic heterocycles. The predicted octanol–water partition coefficient (Wildman–Crippen LogP) is 3.84. The van der Waals surface area contributed by atoms with Gasteiger partial charge in [-0.3, -0.25) is 4.79 Å². The molecule has 2 rings (SSSR count). The first-order chi connectivity index (χ1) is 8.08. The summed E-state index contributed by atoms with van der Waals surface area (Å²) >= 11 is 5.63. The van der Waals surface area contributed by atoms with E-state index in [1.165, 1.54) is 6.07 Å². The second kappa shape index (κ2) is 5.05. The highest BCUT2D eigenvalue weighted by Crippen LogP contribution is 2.36. The van der Waals surface area contributed by atoms with Crippen molar-refractivity contribution < 1.29 is 14.3 Å². The van der Waals surface area contributed by atoms with E-state index < -0.39 is 11.8 Å². The Morgan fingerprint density at radius 2 is 1.94 bits per heavy atom. The third kappa shape index (κ3) is 2.78. The number of hydrogen-bond acceptors (Lipinski definition) is 1. The molecule has 0 atom stereocenters. The van der Waals surface area contributed by atoms with Crippen molar-refractivity contribution in [3.05, 3.63) is 34.6 Å². The molecule has 0 aromatic heterocycles. The minimum Gasteiger partial charge on any atom is -0.481 e. The van der Waals surface area contributed by atoms with Crippen LogP contribution in [0.4, 0.5) is 4.39 Å². The van der Waals surface area contributed by atoms with Gasteiger partial charge < -0.3 is 5.11 Å². The van der Waals surface area contributed by atoms with Crippen molar-refractivity contribution in [3.63, 3.8) is 0 Å². The van der Waals surface area contributed by atoms with Crippen LogP contribution in [0.5, 0.6) is 0 Å². The summed E-state index contributed by atoms with van der Waals surface area (Å²) < 4.78 is 13.3. The number of benzene rings is 1. The van der Waals surface area contributed by atoms with E-state index in [0.29, 0.717) is 12.8 Å². The molecule has 17 heavy (non-hydrogen) atoms. The van der Waals surface area contributed by atoms with E-state index in [-0.39, 0.29) is 16.9 Å². The van der Waals surface area contributed by atoms with Crippen molar-refractivity contribution in [1.82, 2.24) is 0 Å². The molecule has 0 spiro atoms. The van der Waals surface area contributed by atoms with Crippen LogP contribution in [0.15, 0.2) is 18.2 Å². The van der Waals surface area contributed by atoms with Gasteiger partial charge in [0, 0.05) is 0 Å². The SMILES string of the molecule is O=C(O)C1CCC(c2ccc(Cl)c(F)c2)CC1. The number of hydrogen-bond donors (Lipinski definition) is 1. The molecule has 92 valence electrons. The lowest BCUT2D eigenvalue weighted by atomic mass is 9.79. The Morgan fingerprint density at radius 1 is 1.29 bits per heavy atom. The molecule has 1 aromatic carbocycles. The summed E-state index contributed by atoms with van der Waals surface area (Å²) in [5, 5.41) is 9.03. The van der Waals surface area contributed by atoms with Gasteiger partial charge in [0.25, 0.3) is 0 Å². The molecule has 1 N–H and O–H groups in total. The van der Waals surface area contributed by atoms with Crippen molar-refractivity contribution in [2.45, 2.75) is 31.6 Å². The van der Waals surface area contributed by atoms with Gasteiger partial charge in [0.05, 0.1) is 10.9 Å². The van der Waals surface area contributed by atoms with Gasteiger partial charge in [-0.2, -0.15) is 0 Å². The third-order valence-electron chi connectivity index (χ3n) is 3.49. The van der Waals surface area contributed by atoms with Crippen LogP contribution >= 0.6 is 11.6 Å². The molecular weight excluding hydrogens is 243 g/mol. The molecule has 0 radical (unpaired) electrons. The summed E-state index contributed by atoms with van der Waals surface area (Å²) in [4.78, 5) is 10.8. The van der Waals surface area contributed by atoms with Crippen molar-refractivity contribution >= 4 is 17.6 Å².